The number of aromatic nitrogens is 1. The molecule has 0 amide bonds. The van der Waals surface area contributed by atoms with Crippen molar-refractivity contribution in [3.8, 4) is 0 Å². The maximum absolute atomic E-state index is 5.59. The average Bonchev–Trinajstić information content (AvgIpc) is 2.92. The SMILES string of the molecule is CN=C(NCc1nc(C)c(C)o1)NCC(Cc1ccccc1)N(C)C.I. The van der Waals surface area contributed by atoms with Crippen LogP contribution in [0.4, 0.5) is 0 Å². The quantitative estimate of drug-likeness (QED) is 0.370. The van der Waals surface area contributed by atoms with Crippen molar-refractivity contribution in [3.05, 3.63) is 53.2 Å². The largest absolute Gasteiger partial charge is 0.444 e. The Hall–Kier alpha value is -1.61. The van der Waals surface area contributed by atoms with Gasteiger partial charge in [0, 0.05) is 19.6 Å². The molecule has 0 fully saturated rings. The van der Waals surface area contributed by atoms with Gasteiger partial charge < -0.3 is 20.0 Å². The zero-order valence-corrected chi connectivity index (χ0v) is 18.6. The summed E-state index contributed by atoms with van der Waals surface area (Å²) in [6, 6.07) is 10.9. The Morgan fingerprint density at radius 2 is 1.88 bits per heavy atom. The summed E-state index contributed by atoms with van der Waals surface area (Å²) in [4.78, 5) is 10.9. The minimum absolute atomic E-state index is 0. The highest BCUT2D eigenvalue weighted by Crippen LogP contribution is 2.08. The van der Waals surface area contributed by atoms with Gasteiger partial charge in [-0.3, -0.25) is 4.99 Å². The molecule has 1 aromatic carbocycles. The second-order valence-electron chi connectivity index (χ2n) is 6.36. The van der Waals surface area contributed by atoms with Crippen molar-refractivity contribution in [1.29, 1.82) is 0 Å². The molecular formula is C19H30IN5O. The van der Waals surface area contributed by atoms with Gasteiger partial charge >= 0.3 is 0 Å². The van der Waals surface area contributed by atoms with Crippen molar-refractivity contribution >= 4 is 29.9 Å². The summed E-state index contributed by atoms with van der Waals surface area (Å²) in [6.45, 7) is 5.18. The molecule has 2 rings (SSSR count). The summed E-state index contributed by atoms with van der Waals surface area (Å²) in [7, 11) is 5.97. The maximum atomic E-state index is 5.59. The molecule has 0 bridgehead atoms. The van der Waals surface area contributed by atoms with Crippen LogP contribution in [0.15, 0.2) is 39.7 Å². The number of nitrogens with zero attached hydrogens (tertiary/aromatic N) is 3. The Kier molecular flexibility index (Phi) is 9.64. The molecule has 26 heavy (non-hydrogen) atoms. The number of hydrogen-bond donors (Lipinski definition) is 2. The van der Waals surface area contributed by atoms with E-state index in [-0.39, 0.29) is 24.0 Å². The first kappa shape index (κ1) is 22.4. The van der Waals surface area contributed by atoms with Gasteiger partial charge in [0.15, 0.2) is 5.96 Å². The van der Waals surface area contributed by atoms with Crippen molar-refractivity contribution in [3.63, 3.8) is 0 Å². The van der Waals surface area contributed by atoms with Gasteiger partial charge in [0.25, 0.3) is 0 Å². The van der Waals surface area contributed by atoms with Crippen LogP contribution in [0.3, 0.4) is 0 Å². The number of benzene rings is 1. The second kappa shape index (κ2) is 11.2. The molecule has 1 heterocycles. The van der Waals surface area contributed by atoms with Crippen LogP contribution in [0.2, 0.25) is 0 Å². The maximum Gasteiger partial charge on any atom is 0.214 e. The highest BCUT2D eigenvalue weighted by Gasteiger charge is 2.13. The lowest BCUT2D eigenvalue weighted by Crippen LogP contribution is -2.45. The van der Waals surface area contributed by atoms with Gasteiger partial charge in [0.2, 0.25) is 5.89 Å². The van der Waals surface area contributed by atoms with Crippen LogP contribution in [0.1, 0.15) is 22.9 Å². The molecular weight excluding hydrogens is 441 g/mol. The molecule has 0 saturated carbocycles. The van der Waals surface area contributed by atoms with E-state index in [0.717, 1.165) is 30.4 Å². The van der Waals surface area contributed by atoms with E-state index >= 15 is 0 Å². The second-order valence-corrected chi connectivity index (χ2v) is 6.36. The normalized spacial score (nSPS) is 12.6. The summed E-state index contributed by atoms with van der Waals surface area (Å²) < 4.78 is 5.59. The smallest absolute Gasteiger partial charge is 0.214 e. The molecule has 2 N–H and O–H groups in total. The molecule has 1 aromatic heterocycles. The topological polar surface area (TPSA) is 65.7 Å². The van der Waals surface area contributed by atoms with Gasteiger partial charge in [0.1, 0.15) is 5.76 Å². The number of likely N-dealkylation sites (N-methyl/N-ethyl adjacent to an activating group) is 1. The van der Waals surface area contributed by atoms with Crippen LogP contribution in [-0.2, 0) is 13.0 Å². The Morgan fingerprint density at radius 1 is 1.19 bits per heavy atom. The number of hydrogen-bond acceptors (Lipinski definition) is 4. The zero-order chi connectivity index (χ0) is 18.2. The van der Waals surface area contributed by atoms with E-state index in [4.69, 9.17) is 4.42 Å². The van der Waals surface area contributed by atoms with E-state index in [9.17, 15) is 0 Å². The van der Waals surface area contributed by atoms with E-state index in [0.29, 0.717) is 18.5 Å². The van der Waals surface area contributed by atoms with Crippen molar-refractivity contribution in [2.24, 2.45) is 4.99 Å². The van der Waals surface area contributed by atoms with Gasteiger partial charge in [-0.05, 0) is 39.9 Å². The molecule has 2 aromatic rings. The van der Waals surface area contributed by atoms with Gasteiger partial charge in [0.05, 0.1) is 12.2 Å². The lowest BCUT2D eigenvalue weighted by atomic mass is 10.1. The summed E-state index contributed by atoms with van der Waals surface area (Å²) in [5.41, 5.74) is 2.26. The predicted octanol–water partition coefficient (Wildman–Crippen LogP) is 2.75. The summed E-state index contributed by atoms with van der Waals surface area (Å²) in [5, 5.41) is 6.64. The van der Waals surface area contributed by atoms with E-state index in [1.54, 1.807) is 7.05 Å². The lowest BCUT2D eigenvalue weighted by Gasteiger charge is -2.25. The molecule has 0 aliphatic heterocycles. The number of oxazole rings is 1. The highest BCUT2D eigenvalue weighted by molar-refractivity contribution is 14.0. The summed E-state index contributed by atoms with van der Waals surface area (Å²) in [5.74, 6) is 2.27. The Balaban J connectivity index is 0.00000338. The number of aliphatic imine (C=N–C) groups is 1. The fourth-order valence-corrected chi connectivity index (χ4v) is 2.53. The number of rotatable bonds is 7. The van der Waals surface area contributed by atoms with Crippen molar-refractivity contribution in [1.82, 2.24) is 20.5 Å². The van der Waals surface area contributed by atoms with Crippen LogP contribution in [0.5, 0.6) is 0 Å². The van der Waals surface area contributed by atoms with E-state index in [2.05, 4.69) is 63.9 Å². The third kappa shape index (κ3) is 6.95. The standard InChI is InChI=1S/C19H29N5O.HI/c1-14-15(2)25-18(23-14)13-22-19(20-3)21-12-17(24(4)5)11-16-9-7-6-8-10-16;/h6-10,17H,11-13H2,1-5H3,(H2,20,21,22);1H. The molecule has 6 nitrogen and oxygen atoms in total. The first-order valence-electron chi connectivity index (χ1n) is 8.57. The van der Waals surface area contributed by atoms with Crippen LogP contribution in [0, 0.1) is 13.8 Å². The van der Waals surface area contributed by atoms with Crippen LogP contribution >= 0.6 is 24.0 Å². The van der Waals surface area contributed by atoms with Crippen molar-refractivity contribution in [2.75, 3.05) is 27.7 Å². The fourth-order valence-electron chi connectivity index (χ4n) is 2.53. The van der Waals surface area contributed by atoms with E-state index in [1.807, 2.05) is 19.9 Å². The average molecular weight is 471 g/mol. The monoisotopic (exact) mass is 471 g/mol. The highest BCUT2D eigenvalue weighted by atomic mass is 127. The number of guanidine groups is 1. The minimum atomic E-state index is 0. The van der Waals surface area contributed by atoms with E-state index in [1.165, 1.54) is 5.56 Å². The van der Waals surface area contributed by atoms with Gasteiger partial charge in [-0.2, -0.15) is 0 Å². The Morgan fingerprint density at radius 3 is 2.42 bits per heavy atom. The zero-order valence-electron chi connectivity index (χ0n) is 16.2. The molecule has 144 valence electrons. The van der Waals surface area contributed by atoms with E-state index < -0.39 is 0 Å². The fraction of sp³-hybridized carbons (Fsp3) is 0.474. The number of nitrogens with one attached hydrogen (secondary N) is 2. The molecule has 1 unspecified atom stereocenters. The molecule has 7 heteroatoms. The van der Waals surface area contributed by atoms with Crippen molar-refractivity contribution < 1.29 is 4.42 Å². The van der Waals surface area contributed by atoms with Crippen LogP contribution in [-0.4, -0.2) is 49.6 Å². The first-order valence-corrected chi connectivity index (χ1v) is 8.57. The Labute approximate surface area is 173 Å². The van der Waals surface area contributed by atoms with Gasteiger partial charge in [-0.25, -0.2) is 4.98 Å². The molecule has 0 spiro atoms. The number of aryl methyl sites for hydroxylation is 2. The van der Waals surface area contributed by atoms with Crippen molar-refractivity contribution in [2.45, 2.75) is 32.9 Å². The first-order chi connectivity index (χ1) is 12.0. The predicted molar refractivity (Wildman–Crippen MR) is 117 cm³/mol. The number of halogens is 1. The minimum Gasteiger partial charge on any atom is -0.444 e. The Bertz CT molecular complexity index is 665. The molecule has 1 atom stereocenters. The molecule has 0 saturated heterocycles. The van der Waals surface area contributed by atoms with Gasteiger partial charge in [-0.1, -0.05) is 30.3 Å². The summed E-state index contributed by atoms with van der Waals surface area (Å²) >= 11 is 0. The lowest BCUT2D eigenvalue weighted by molar-refractivity contribution is 0.290. The van der Waals surface area contributed by atoms with Crippen LogP contribution in [0.25, 0.3) is 0 Å². The van der Waals surface area contributed by atoms with Crippen LogP contribution < -0.4 is 10.6 Å². The third-order valence-electron chi connectivity index (χ3n) is 4.25. The third-order valence-corrected chi connectivity index (χ3v) is 4.25. The molecule has 0 aliphatic carbocycles. The van der Waals surface area contributed by atoms with Gasteiger partial charge in [-0.15, -0.1) is 24.0 Å². The molecule has 0 radical (unpaired) electrons. The molecule has 0 aliphatic rings. The summed E-state index contributed by atoms with van der Waals surface area (Å²) in [6.07, 6.45) is 0.982.